The lowest BCUT2D eigenvalue weighted by atomic mass is 10.1. The first-order valence-corrected chi connectivity index (χ1v) is 9.37. The standard InChI is InChI=1S/C19H24ClN5O2/c1-21-17(15-12-22-23(2)13-15)19(27)25-9-3-8-24(10-11-25)18(26)14-4-6-16(20)7-5-14/h4-7,12-13,17,21H,3,8-11H2,1-2H3. The van der Waals surface area contributed by atoms with E-state index in [2.05, 4.69) is 10.4 Å². The van der Waals surface area contributed by atoms with E-state index in [1.165, 1.54) is 0 Å². The number of benzene rings is 1. The average molecular weight is 390 g/mol. The van der Waals surface area contributed by atoms with E-state index in [1.54, 1.807) is 47.1 Å². The van der Waals surface area contributed by atoms with Gasteiger partial charge in [-0.2, -0.15) is 5.10 Å². The lowest BCUT2D eigenvalue weighted by Gasteiger charge is -2.26. The molecule has 2 heterocycles. The fourth-order valence-corrected chi connectivity index (χ4v) is 3.45. The Bertz CT molecular complexity index is 805. The van der Waals surface area contributed by atoms with Crippen LogP contribution in [0.2, 0.25) is 5.02 Å². The van der Waals surface area contributed by atoms with E-state index in [1.807, 2.05) is 18.1 Å². The van der Waals surface area contributed by atoms with Crippen LogP contribution in [-0.2, 0) is 11.8 Å². The van der Waals surface area contributed by atoms with Crippen LogP contribution < -0.4 is 5.32 Å². The molecule has 3 rings (SSSR count). The van der Waals surface area contributed by atoms with E-state index in [9.17, 15) is 9.59 Å². The number of rotatable bonds is 4. The molecule has 7 nitrogen and oxygen atoms in total. The van der Waals surface area contributed by atoms with Crippen LogP contribution >= 0.6 is 11.6 Å². The van der Waals surface area contributed by atoms with Crippen LogP contribution in [-0.4, -0.2) is 64.6 Å². The van der Waals surface area contributed by atoms with Crippen molar-refractivity contribution in [3.63, 3.8) is 0 Å². The van der Waals surface area contributed by atoms with Gasteiger partial charge in [0.15, 0.2) is 0 Å². The zero-order chi connectivity index (χ0) is 19.4. The number of likely N-dealkylation sites (N-methyl/N-ethyl adjacent to an activating group) is 1. The van der Waals surface area contributed by atoms with E-state index in [0.717, 1.165) is 12.0 Å². The largest absolute Gasteiger partial charge is 0.339 e. The summed E-state index contributed by atoms with van der Waals surface area (Å²) in [5.74, 6) is -0.0234. The van der Waals surface area contributed by atoms with Crippen molar-refractivity contribution in [2.45, 2.75) is 12.5 Å². The maximum Gasteiger partial charge on any atom is 0.253 e. The summed E-state index contributed by atoms with van der Waals surface area (Å²) in [6, 6.07) is 6.47. The number of carbonyl (C=O) groups is 2. The molecule has 1 aromatic heterocycles. The van der Waals surface area contributed by atoms with Gasteiger partial charge in [0.1, 0.15) is 6.04 Å². The molecule has 0 aliphatic carbocycles. The number of nitrogens with zero attached hydrogens (tertiary/aromatic N) is 4. The van der Waals surface area contributed by atoms with E-state index >= 15 is 0 Å². The average Bonchev–Trinajstić information content (AvgIpc) is 2.94. The Kier molecular flexibility index (Phi) is 6.13. The van der Waals surface area contributed by atoms with Crippen LogP contribution in [0.4, 0.5) is 0 Å². The molecule has 0 spiro atoms. The first kappa shape index (κ1) is 19.4. The number of aromatic nitrogens is 2. The second kappa shape index (κ2) is 8.54. The Balaban J connectivity index is 1.66. The Morgan fingerprint density at radius 1 is 1.11 bits per heavy atom. The molecule has 0 bridgehead atoms. The molecule has 1 aromatic carbocycles. The fourth-order valence-electron chi connectivity index (χ4n) is 3.32. The summed E-state index contributed by atoms with van der Waals surface area (Å²) in [6.07, 6.45) is 4.29. The number of hydrogen-bond acceptors (Lipinski definition) is 4. The van der Waals surface area contributed by atoms with Crippen molar-refractivity contribution in [3.8, 4) is 0 Å². The Labute approximate surface area is 163 Å². The van der Waals surface area contributed by atoms with Gasteiger partial charge >= 0.3 is 0 Å². The van der Waals surface area contributed by atoms with Gasteiger partial charge < -0.3 is 15.1 Å². The number of nitrogens with one attached hydrogen (secondary N) is 1. The SMILES string of the molecule is CNC(C(=O)N1CCCN(C(=O)c2ccc(Cl)cc2)CC1)c1cnn(C)c1. The molecule has 2 amide bonds. The third kappa shape index (κ3) is 4.48. The minimum atomic E-state index is -0.433. The van der Waals surface area contributed by atoms with Gasteiger partial charge in [-0.05, 0) is 37.7 Å². The van der Waals surface area contributed by atoms with Crippen molar-refractivity contribution >= 4 is 23.4 Å². The highest BCUT2D eigenvalue weighted by molar-refractivity contribution is 6.30. The molecule has 8 heteroatoms. The molecule has 1 aliphatic rings. The van der Waals surface area contributed by atoms with Gasteiger partial charge in [0.25, 0.3) is 5.91 Å². The molecule has 1 aliphatic heterocycles. The van der Waals surface area contributed by atoms with Gasteiger partial charge in [0.2, 0.25) is 5.91 Å². The highest BCUT2D eigenvalue weighted by Gasteiger charge is 2.28. The first-order chi connectivity index (χ1) is 13.0. The molecular formula is C19H24ClN5O2. The molecule has 27 heavy (non-hydrogen) atoms. The van der Waals surface area contributed by atoms with Crippen LogP contribution in [0.1, 0.15) is 28.4 Å². The molecule has 1 atom stereocenters. The van der Waals surface area contributed by atoms with Crippen molar-refractivity contribution in [1.29, 1.82) is 0 Å². The van der Waals surface area contributed by atoms with Crippen molar-refractivity contribution in [3.05, 3.63) is 52.8 Å². The smallest absolute Gasteiger partial charge is 0.253 e. The number of carbonyl (C=O) groups excluding carboxylic acids is 2. The van der Waals surface area contributed by atoms with Crippen LogP contribution in [0.15, 0.2) is 36.7 Å². The van der Waals surface area contributed by atoms with Crippen LogP contribution in [0.5, 0.6) is 0 Å². The lowest BCUT2D eigenvalue weighted by Crippen LogP contribution is -2.42. The number of amides is 2. The zero-order valence-corrected chi connectivity index (χ0v) is 16.3. The van der Waals surface area contributed by atoms with Crippen LogP contribution in [0.25, 0.3) is 0 Å². The molecule has 1 N–H and O–H groups in total. The summed E-state index contributed by atoms with van der Waals surface area (Å²) >= 11 is 5.90. The summed E-state index contributed by atoms with van der Waals surface area (Å²) in [5, 5.41) is 7.83. The molecule has 144 valence electrons. The molecule has 0 saturated carbocycles. The minimum Gasteiger partial charge on any atom is -0.339 e. The Morgan fingerprint density at radius 3 is 2.41 bits per heavy atom. The third-order valence-electron chi connectivity index (χ3n) is 4.78. The first-order valence-electron chi connectivity index (χ1n) is 8.99. The summed E-state index contributed by atoms with van der Waals surface area (Å²) in [4.78, 5) is 29.3. The monoisotopic (exact) mass is 389 g/mol. The molecule has 2 aromatic rings. The van der Waals surface area contributed by atoms with Gasteiger partial charge in [-0.15, -0.1) is 0 Å². The molecule has 1 saturated heterocycles. The van der Waals surface area contributed by atoms with E-state index in [0.29, 0.717) is 36.8 Å². The lowest BCUT2D eigenvalue weighted by molar-refractivity contribution is -0.133. The quantitative estimate of drug-likeness (QED) is 0.864. The van der Waals surface area contributed by atoms with E-state index in [-0.39, 0.29) is 11.8 Å². The second-order valence-corrected chi connectivity index (χ2v) is 7.08. The predicted molar refractivity (Wildman–Crippen MR) is 104 cm³/mol. The molecule has 1 fully saturated rings. The van der Waals surface area contributed by atoms with Crippen molar-refractivity contribution in [2.24, 2.45) is 7.05 Å². The Morgan fingerprint density at radius 2 is 1.78 bits per heavy atom. The summed E-state index contributed by atoms with van der Waals surface area (Å²) in [7, 11) is 3.59. The summed E-state index contributed by atoms with van der Waals surface area (Å²) in [6.45, 7) is 2.28. The van der Waals surface area contributed by atoms with Crippen molar-refractivity contribution < 1.29 is 9.59 Å². The maximum atomic E-state index is 13.0. The Hall–Kier alpha value is -2.38. The van der Waals surface area contributed by atoms with Gasteiger partial charge in [-0.3, -0.25) is 14.3 Å². The van der Waals surface area contributed by atoms with Gasteiger partial charge in [-0.1, -0.05) is 11.6 Å². The highest BCUT2D eigenvalue weighted by atomic mass is 35.5. The number of hydrogen-bond donors (Lipinski definition) is 1. The third-order valence-corrected chi connectivity index (χ3v) is 5.03. The summed E-state index contributed by atoms with van der Waals surface area (Å²) in [5.41, 5.74) is 1.45. The van der Waals surface area contributed by atoms with Crippen LogP contribution in [0.3, 0.4) is 0 Å². The predicted octanol–water partition coefficient (Wildman–Crippen LogP) is 1.71. The fraction of sp³-hybridized carbons (Fsp3) is 0.421. The topological polar surface area (TPSA) is 70.5 Å². The van der Waals surface area contributed by atoms with Crippen molar-refractivity contribution in [1.82, 2.24) is 24.9 Å². The minimum absolute atomic E-state index is 0.00583. The van der Waals surface area contributed by atoms with E-state index < -0.39 is 6.04 Å². The molecule has 0 radical (unpaired) electrons. The van der Waals surface area contributed by atoms with Crippen LogP contribution in [0, 0.1) is 0 Å². The molecule has 1 unspecified atom stereocenters. The van der Waals surface area contributed by atoms with Gasteiger partial charge in [0, 0.05) is 55.6 Å². The van der Waals surface area contributed by atoms with Crippen molar-refractivity contribution in [2.75, 3.05) is 33.2 Å². The van der Waals surface area contributed by atoms with Gasteiger partial charge in [0.05, 0.1) is 6.20 Å². The number of halogens is 1. The highest BCUT2D eigenvalue weighted by Crippen LogP contribution is 2.17. The number of aryl methyl sites for hydroxylation is 1. The summed E-state index contributed by atoms with van der Waals surface area (Å²) < 4.78 is 1.68. The molecular weight excluding hydrogens is 366 g/mol. The van der Waals surface area contributed by atoms with Gasteiger partial charge in [-0.25, -0.2) is 0 Å². The second-order valence-electron chi connectivity index (χ2n) is 6.65. The maximum absolute atomic E-state index is 13.0. The normalized spacial score (nSPS) is 16.1. The van der Waals surface area contributed by atoms with E-state index in [4.69, 9.17) is 11.6 Å². The zero-order valence-electron chi connectivity index (χ0n) is 15.6.